The van der Waals surface area contributed by atoms with Crippen LogP contribution in [0.25, 0.3) is 0 Å². The summed E-state index contributed by atoms with van der Waals surface area (Å²) < 4.78 is 36.1. The fraction of sp³-hybridized carbons (Fsp3) is 0.333. The molecule has 78 valence electrons. The van der Waals surface area contributed by atoms with Gasteiger partial charge in [0.15, 0.2) is 0 Å². The summed E-state index contributed by atoms with van der Waals surface area (Å²) in [6.45, 7) is -0.511. The predicted molar refractivity (Wildman–Crippen MR) is 52.7 cm³/mol. The second kappa shape index (κ2) is 5.05. The molecule has 0 heterocycles. The van der Waals surface area contributed by atoms with Gasteiger partial charge in [-0.2, -0.15) is 0 Å². The van der Waals surface area contributed by atoms with E-state index in [0.29, 0.717) is 4.90 Å². The molecule has 2 nitrogen and oxygen atoms in total. The lowest BCUT2D eigenvalue weighted by molar-refractivity contribution is 0.488. The van der Waals surface area contributed by atoms with Crippen molar-refractivity contribution in [2.75, 3.05) is 18.2 Å². The lowest BCUT2D eigenvalue weighted by atomic mass is 10.3. The molecule has 1 aromatic carbocycles. The molecular weight excluding hydrogens is 208 g/mol. The molecule has 0 aromatic heterocycles. The Kier molecular flexibility index (Phi) is 4.00. The lowest BCUT2D eigenvalue weighted by Gasteiger charge is -2.02. The number of hydrogen-bond acceptors (Lipinski definition) is 2. The number of benzene rings is 1. The van der Waals surface area contributed by atoms with Crippen LogP contribution in [0, 0.1) is 5.82 Å². The molecule has 1 unspecified atom stereocenters. The second-order valence-corrected chi connectivity index (χ2v) is 4.35. The maximum atomic E-state index is 12.9. The van der Waals surface area contributed by atoms with Gasteiger partial charge < -0.3 is 5.73 Å². The van der Waals surface area contributed by atoms with Gasteiger partial charge in [-0.05, 0) is 24.6 Å². The van der Waals surface area contributed by atoms with Crippen LogP contribution < -0.4 is 5.73 Å². The summed E-state index contributed by atoms with van der Waals surface area (Å²) in [4.78, 5) is 0.352. The average Bonchev–Trinajstić information content (AvgIpc) is 2.18. The summed E-state index contributed by atoms with van der Waals surface area (Å²) in [7, 11) is -1.34. The molecule has 1 atom stereocenters. The molecule has 0 aliphatic carbocycles. The first-order valence-electron chi connectivity index (χ1n) is 4.14. The van der Waals surface area contributed by atoms with Gasteiger partial charge in [-0.25, -0.2) is 4.39 Å². The molecule has 14 heavy (non-hydrogen) atoms. The zero-order valence-corrected chi connectivity index (χ0v) is 8.32. The third kappa shape index (κ3) is 2.77. The van der Waals surface area contributed by atoms with E-state index in [1.54, 1.807) is 0 Å². The van der Waals surface area contributed by atoms with Gasteiger partial charge in [-0.3, -0.25) is 8.60 Å². The third-order valence-electron chi connectivity index (χ3n) is 1.70. The Morgan fingerprint density at radius 3 is 2.71 bits per heavy atom. The summed E-state index contributed by atoms with van der Waals surface area (Å²) in [6.07, 6.45) is 0.221. The Bertz CT molecular complexity index is 344. The number of halogens is 2. The van der Waals surface area contributed by atoms with Gasteiger partial charge in [-0.1, -0.05) is 0 Å². The summed E-state index contributed by atoms with van der Waals surface area (Å²) >= 11 is 0. The first kappa shape index (κ1) is 11.1. The molecule has 0 fully saturated rings. The van der Waals surface area contributed by atoms with Crippen LogP contribution in [0.4, 0.5) is 14.5 Å². The summed E-state index contributed by atoms with van der Waals surface area (Å²) in [6, 6.07) is 3.98. The minimum Gasteiger partial charge on any atom is -0.396 e. The highest BCUT2D eigenvalue weighted by atomic mass is 32.2. The van der Waals surface area contributed by atoms with Crippen molar-refractivity contribution < 1.29 is 13.0 Å². The van der Waals surface area contributed by atoms with E-state index in [2.05, 4.69) is 0 Å². The number of nitrogen functional groups attached to an aromatic ring is 1. The van der Waals surface area contributed by atoms with E-state index in [0.717, 1.165) is 6.07 Å². The molecular formula is C9H11F2NOS. The maximum Gasteiger partial charge on any atom is 0.147 e. The highest BCUT2D eigenvalue weighted by molar-refractivity contribution is 7.85. The van der Waals surface area contributed by atoms with Crippen molar-refractivity contribution in [3.05, 3.63) is 24.0 Å². The van der Waals surface area contributed by atoms with Crippen molar-refractivity contribution in [2.45, 2.75) is 11.3 Å². The SMILES string of the molecule is Nc1ccc(S(=O)CCCF)cc1F. The highest BCUT2D eigenvalue weighted by Gasteiger charge is 2.06. The van der Waals surface area contributed by atoms with Crippen molar-refractivity contribution in [1.82, 2.24) is 0 Å². The first-order chi connectivity index (χ1) is 6.65. The molecule has 0 aliphatic rings. The fourth-order valence-electron chi connectivity index (χ4n) is 0.953. The van der Waals surface area contributed by atoms with Crippen molar-refractivity contribution in [3.63, 3.8) is 0 Å². The second-order valence-electron chi connectivity index (χ2n) is 2.78. The number of anilines is 1. The molecule has 5 heteroatoms. The molecule has 2 N–H and O–H groups in total. The first-order valence-corrected chi connectivity index (χ1v) is 5.46. The van der Waals surface area contributed by atoms with Crippen LogP contribution in [0.1, 0.15) is 6.42 Å². The molecule has 0 radical (unpaired) electrons. The summed E-state index contributed by atoms with van der Waals surface area (Å²) in [5.41, 5.74) is 5.28. The van der Waals surface area contributed by atoms with Crippen LogP contribution in [0.15, 0.2) is 23.1 Å². The van der Waals surface area contributed by atoms with Crippen molar-refractivity contribution in [3.8, 4) is 0 Å². The molecule has 0 saturated carbocycles. The Balaban J connectivity index is 2.76. The maximum absolute atomic E-state index is 12.9. The normalized spacial score (nSPS) is 12.7. The van der Waals surface area contributed by atoms with Crippen LogP contribution >= 0.6 is 0 Å². The van der Waals surface area contributed by atoms with Gasteiger partial charge in [0.1, 0.15) is 5.82 Å². The predicted octanol–water partition coefficient (Wildman–Crippen LogP) is 1.88. The van der Waals surface area contributed by atoms with Crippen molar-refractivity contribution in [1.29, 1.82) is 0 Å². The molecule has 0 bridgehead atoms. The Labute approximate surface area is 83.6 Å². The summed E-state index contributed by atoms with van der Waals surface area (Å²) in [5, 5.41) is 0. The van der Waals surface area contributed by atoms with E-state index in [4.69, 9.17) is 5.73 Å². The molecule has 0 spiro atoms. The number of nitrogens with two attached hydrogens (primary N) is 1. The van der Waals surface area contributed by atoms with Crippen LogP contribution in [0.3, 0.4) is 0 Å². The van der Waals surface area contributed by atoms with Gasteiger partial charge >= 0.3 is 0 Å². The van der Waals surface area contributed by atoms with Crippen LogP contribution in [-0.4, -0.2) is 16.6 Å². The van der Waals surface area contributed by atoms with Crippen molar-refractivity contribution >= 4 is 16.5 Å². The highest BCUT2D eigenvalue weighted by Crippen LogP contribution is 2.15. The van der Waals surface area contributed by atoms with Gasteiger partial charge in [-0.15, -0.1) is 0 Å². The van der Waals surface area contributed by atoms with E-state index in [9.17, 15) is 13.0 Å². The Morgan fingerprint density at radius 1 is 1.43 bits per heavy atom. The van der Waals surface area contributed by atoms with Gasteiger partial charge in [0.2, 0.25) is 0 Å². The molecule has 1 aromatic rings. The van der Waals surface area contributed by atoms with E-state index >= 15 is 0 Å². The monoisotopic (exact) mass is 219 g/mol. The molecule has 0 saturated heterocycles. The zero-order valence-electron chi connectivity index (χ0n) is 7.50. The lowest BCUT2D eigenvalue weighted by Crippen LogP contribution is -2.00. The number of rotatable bonds is 4. The summed E-state index contributed by atoms with van der Waals surface area (Å²) in [5.74, 6) is -0.379. The standard InChI is InChI=1S/C9H11F2NOS/c10-4-1-5-14(13)7-2-3-9(12)8(11)6-7/h2-3,6H,1,4-5,12H2. The van der Waals surface area contributed by atoms with Gasteiger partial charge in [0, 0.05) is 10.6 Å². The third-order valence-corrected chi connectivity index (χ3v) is 3.14. The van der Waals surface area contributed by atoms with Crippen LogP contribution in [0.2, 0.25) is 0 Å². The van der Waals surface area contributed by atoms with E-state index in [-0.39, 0.29) is 17.9 Å². The molecule has 0 amide bonds. The fourth-order valence-corrected chi connectivity index (χ4v) is 2.01. The smallest absolute Gasteiger partial charge is 0.147 e. The minimum atomic E-state index is -1.34. The average molecular weight is 219 g/mol. The van der Waals surface area contributed by atoms with Gasteiger partial charge in [0.05, 0.1) is 23.2 Å². The van der Waals surface area contributed by atoms with E-state index in [1.807, 2.05) is 0 Å². The van der Waals surface area contributed by atoms with Crippen molar-refractivity contribution in [2.24, 2.45) is 0 Å². The largest absolute Gasteiger partial charge is 0.396 e. The van der Waals surface area contributed by atoms with E-state index in [1.165, 1.54) is 12.1 Å². The van der Waals surface area contributed by atoms with Crippen LogP contribution in [0.5, 0.6) is 0 Å². The van der Waals surface area contributed by atoms with Crippen LogP contribution in [-0.2, 0) is 10.8 Å². The number of hydrogen-bond donors (Lipinski definition) is 1. The topological polar surface area (TPSA) is 43.1 Å². The molecule has 1 rings (SSSR count). The van der Waals surface area contributed by atoms with E-state index < -0.39 is 23.3 Å². The zero-order chi connectivity index (χ0) is 10.6. The Hall–Kier alpha value is -0.970. The number of alkyl halides is 1. The molecule has 0 aliphatic heterocycles. The van der Waals surface area contributed by atoms with Gasteiger partial charge in [0.25, 0.3) is 0 Å². The quantitative estimate of drug-likeness (QED) is 0.786. The minimum absolute atomic E-state index is 0.0243. The Morgan fingerprint density at radius 2 is 2.14 bits per heavy atom.